The van der Waals surface area contributed by atoms with Gasteiger partial charge in [0, 0.05) is 26.2 Å². The molecule has 0 atom stereocenters. The molecule has 0 aromatic rings. The zero-order valence-electron chi connectivity index (χ0n) is 9.88. The zero-order chi connectivity index (χ0) is 10.3. The molecule has 15 heavy (non-hydrogen) atoms. The predicted octanol–water partition coefficient (Wildman–Crippen LogP) is 0.768. The number of hydrogen-bond donors (Lipinski definition) is 1. The highest BCUT2D eigenvalue weighted by molar-refractivity contribution is 4.70. The molecular formula is C12H25N3. The van der Waals surface area contributed by atoms with E-state index >= 15 is 0 Å². The largest absolute Gasteiger partial charge is 0.315 e. The lowest BCUT2D eigenvalue weighted by atomic mass is 10.1. The van der Waals surface area contributed by atoms with Gasteiger partial charge in [0.1, 0.15) is 0 Å². The van der Waals surface area contributed by atoms with E-state index in [2.05, 4.69) is 15.1 Å². The zero-order valence-corrected chi connectivity index (χ0v) is 9.88. The van der Waals surface area contributed by atoms with Gasteiger partial charge in [0.2, 0.25) is 0 Å². The van der Waals surface area contributed by atoms with E-state index in [0.29, 0.717) is 0 Å². The molecule has 0 aromatic heterocycles. The molecule has 0 bridgehead atoms. The lowest BCUT2D eigenvalue weighted by molar-refractivity contribution is 0.186. The van der Waals surface area contributed by atoms with Crippen molar-refractivity contribution in [2.75, 3.05) is 52.4 Å². The molecule has 2 saturated heterocycles. The first kappa shape index (κ1) is 11.4. The Morgan fingerprint density at radius 1 is 0.667 bits per heavy atom. The molecular weight excluding hydrogens is 186 g/mol. The third-order valence-corrected chi connectivity index (χ3v) is 3.61. The van der Waals surface area contributed by atoms with Crippen LogP contribution in [0.15, 0.2) is 0 Å². The minimum absolute atomic E-state index is 1.18. The molecule has 2 rings (SSSR count). The quantitative estimate of drug-likeness (QED) is 0.744. The minimum Gasteiger partial charge on any atom is -0.315 e. The fourth-order valence-corrected chi connectivity index (χ4v) is 2.59. The summed E-state index contributed by atoms with van der Waals surface area (Å²) in [6, 6.07) is 0. The van der Waals surface area contributed by atoms with Crippen molar-refractivity contribution in [1.82, 2.24) is 15.1 Å². The van der Waals surface area contributed by atoms with Gasteiger partial charge in [0.25, 0.3) is 0 Å². The van der Waals surface area contributed by atoms with Crippen LogP contribution in [0, 0.1) is 0 Å². The molecule has 3 heteroatoms. The van der Waals surface area contributed by atoms with E-state index in [9.17, 15) is 0 Å². The summed E-state index contributed by atoms with van der Waals surface area (Å²) in [5.41, 5.74) is 0. The fourth-order valence-electron chi connectivity index (χ4n) is 2.59. The van der Waals surface area contributed by atoms with Crippen molar-refractivity contribution in [3.05, 3.63) is 0 Å². The van der Waals surface area contributed by atoms with Crippen LogP contribution in [0.1, 0.15) is 25.7 Å². The monoisotopic (exact) mass is 211 g/mol. The van der Waals surface area contributed by atoms with Gasteiger partial charge in [-0.15, -0.1) is 0 Å². The van der Waals surface area contributed by atoms with Crippen molar-refractivity contribution in [2.24, 2.45) is 0 Å². The third kappa shape index (κ3) is 4.09. The van der Waals surface area contributed by atoms with E-state index in [-0.39, 0.29) is 0 Å². The van der Waals surface area contributed by atoms with Gasteiger partial charge >= 0.3 is 0 Å². The van der Waals surface area contributed by atoms with Gasteiger partial charge < -0.3 is 15.1 Å². The molecule has 0 aliphatic carbocycles. The van der Waals surface area contributed by atoms with E-state index in [4.69, 9.17) is 0 Å². The molecule has 0 radical (unpaired) electrons. The molecule has 1 N–H and O–H groups in total. The van der Waals surface area contributed by atoms with E-state index in [0.717, 1.165) is 0 Å². The molecule has 0 amide bonds. The first-order valence-electron chi connectivity index (χ1n) is 6.60. The molecule has 0 aromatic carbocycles. The number of likely N-dealkylation sites (tertiary alicyclic amines) is 1. The van der Waals surface area contributed by atoms with Crippen molar-refractivity contribution in [3.63, 3.8) is 0 Å². The van der Waals surface area contributed by atoms with Crippen LogP contribution in [0.4, 0.5) is 0 Å². The predicted molar refractivity (Wildman–Crippen MR) is 64.2 cm³/mol. The van der Waals surface area contributed by atoms with Gasteiger partial charge in [0.05, 0.1) is 0 Å². The SMILES string of the molecule is C1CCN(CCN2CCCNCC2)CC1. The standard InChI is InChI=1S/C12H25N3/c1-2-7-14(8-3-1)11-12-15-9-4-5-13-6-10-15/h13H,1-12H2. The Hall–Kier alpha value is -0.120. The van der Waals surface area contributed by atoms with Crippen molar-refractivity contribution < 1.29 is 0 Å². The Balaban J connectivity index is 1.62. The van der Waals surface area contributed by atoms with Crippen molar-refractivity contribution in [3.8, 4) is 0 Å². The van der Waals surface area contributed by atoms with E-state index in [1.54, 1.807) is 0 Å². The van der Waals surface area contributed by atoms with Gasteiger partial charge in [-0.3, -0.25) is 0 Å². The van der Waals surface area contributed by atoms with E-state index in [1.807, 2.05) is 0 Å². The summed E-state index contributed by atoms with van der Waals surface area (Å²) in [7, 11) is 0. The summed E-state index contributed by atoms with van der Waals surface area (Å²) in [5.74, 6) is 0. The molecule has 0 unspecified atom stereocenters. The summed E-state index contributed by atoms with van der Waals surface area (Å²) < 4.78 is 0. The van der Waals surface area contributed by atoms with Gasteiger partial charge in [-0.1, -0.05) is 6.42 Å². The molecule has 0 saturated carbocycles. The first-order chi connectivity index (χ1) is 7.45. The van der Waals surface area contributed by atoms with Crippen LogP contribution in [0.5, 0.6) is 0 Å². The van der Waals surface area contributed by atoms with Crippen LogP contribution in [-0.2, 0) is 0 Å². The Morgan fingerprint density at radius 3 is 2.13 bits per heavy atom. The second-order valence-electron chi connectivity index (χ2n) is 4.85. The lowest BCUT2D eigenvalue weighted by Crippen LogP contribution is -2.39. The maximum atomic E-state index is 3.46. The van der Waals surface area contributed by atoms with Crippen LogP contribution >= 0.6 is 0 Å². The second-order valence-corrected chi connectivity index (χ2v) is 4.85. The molecule has 2 aliphatic heterocycles. The number of piperidine rings is 1. The van der Waals surface area contributed by atoms with Gasteiger partial charge in [-0.25, -0.2) is 0 Å². The molecule has 88 valence electrons. The number of rotatable bonds is 3. The summed E-state index contributed by atoms with van der Waals surface area (Å²) in [4.78, 5) is 5.26. The average Bonchev–Trinajstić information content (AvgIpc) is 2.56. The van der Waals surface area contributed by atoms with Crippen LogP contribution < -0.4 is 5.32 Å². The second kappa shape index (κ2) is 6.46. The highest BCUT2D eigenvalue weighted by atomic mass is 15.2. The Labute approximate surface area is 93.8 Å². The molecule has 3 nitrogen and oxygen atoms in total. The van der Waals surface area contributed by atoms with Crippen LogP contribution in [0.2, 0.25) is 0 Å². The molecule has 2 fully saturated rings. The fraction of sp³-hybridized carbons (Fsp3) is 1.00. The highest BCUT2D eigenvalue weighted by Crippen LogP contribution is 2.08. The van der Waals surface area contributed by atoms with Crippen molar-refractivity contribution >= 4 is 0 Å². The van der Waals surface area contributed by atoms with E-state index in [1.165, 1.54) is 78.0 Å². The van der Waals surface area contributed by atoms with Crippen LogP contribution in [0.3, 0.4) is 0 Å². The van der Waals surface area contributed by atoms with E-state index < -0.39 is 0 Å². The Bertz CT molecular complexity index is 158. The topological polar surface area (TPSA) is 18.5 Å². The lowest BCUT2D eigenvalue weighted by Gasteiger charge is -2.29. The number of hydrogen-bond acceptors (Lipinski definition) is 3. The maximum Gasteiger partial charge on any atom is 0.0110 e. The number of nitrogens with one attached hydrogen (secondary N) is 1. The van der Waals surface area contributed by atoms with Crippen molar-refractivity contribution in [2.45, 2.75) is 25.7 Å². The van der Waals surface area contributed by atoms with Crippen LogP contribution in [0.25, 0.3) is 0 Å². The molecule has 0 spiro atoms. The van der Waals surface area contributed by atoms with Crippen LogP contribution in [-0.4, -0.2) is 62.2 Å². The summed E-state index contributed by atoms with van der Waals surface area (Å²) >= 11 is 0. The maximum absolute atomic E-state index is 3.46. The summed E-state index contributed by atoms with van der Waals surface area (Å²) in [6.07, 6.45) is 5.60. The normalized spacial score (nSPS) is 26.4. The first-order valence-corrected chi connectivity index (χ1v) is 6.60. The van der Waals surface area contributed by atoms with Crippen molar-refractivity contribution in [1.29, 1.82) is 0 Å². The smallest absolute Gasteiger partial charge is 0.0110 e. The molecule has 2 aliphatic rings. The highest BCUT2D eigenvalue weighted by Gasteiger charge is 2.12. The minimum atomic E-state index is 1.18. The Morgan fingerprint density at radius 2 is 1.33 bits per heavy atom. The Kier molecular flexibility index (Phi) is 4.90. The van der Waals surface area contributed by atoms with Gasteiger partial charge in [-0.05, 0) is 45.4 Å². The summed E-state index contributed by atoms with van der Waals surface area (Å²) in [6.45, 7) is 10.2. The van der Waals surface area contributed by atoms with Gasteiger partial charge in [-0.2, -0.15) is 0 Å². The number of nitrogens with zero attached hydrogens (tertiary/aromatic N) is 2. The summed E-state index contributed by atoms with van der Waals surface area (Å²) in [5, 5.41) is 3.46. The van der Waals surface area contributed by atoms with Gasteiger partial charge in [0.15, 0.2) is 0 Å². The molecule has 2 heterocycles. The third-order valence-electron chi connectivity index (χ3n) is 3.61. The average molecular weight is 211 g/mol.